The second kappa shape index (κ2) is 10.6. The number of hydrogen-bond donors (Lipinski definition) is 0. The first-order valence-corrected chi connectivity index (χ1v) is 10.2. The van der Waals surface area contributed by atoms with E-state index in [9.17, 15) is 38.4 Å². The molecule has 3 heterocycles. The minimum atomic E-state index is -1.07. The van der Waals surface area contributed by atoms with E-state index in [0.29, 0.717) is 5.06 Å². The van der Waals surface area contributed by atoms with Crippen LogP contribution in [0, 0.1) is 0 Å². The molecule has 1 fully saturated rings. The number of imide groups is 3. The Labute approximate surface area is 192 Å². The third-order valence-corrected chi connectivity index (χ3v) is 4.99. The number of hydroxylamine groups is 2. The first-order valence-electron chi connectivity index (χ1n) is 10.2. The fourth-order valence-corrected chi connectivity index (χ4v) is 3.20. The lowest BCUT2D eigenvalue weighted by molar-refractivity contribution is -0.200. The summed E-state index contributed by atoms with van der Waals surface area (Å²) in [5, 5.41) is 0.343. The lowest BCUT2D eigenvalue weighted by Crippen LogP contribution is -2.46. The molecule has 0 atom stereocenters. The number of rotatable bonds is 11. The quantitative estimate of drug-likeness (QED) is 0.286. The Bertz CT molecular complexity index is 919. The monoisotopic (exact) mass is 476 g/mol. The van der Waals surface area contributed by atoms with Crippen molar-refractivity contribution in [3.05, 3.63) is 24.3 Å². The van der Waals surface area contributed by atoms with Crippen LogP contribution in [0.5, 0.6) is 0 Å². The molecule has 0 radical (unpaired) electrons. The Morgan fingerprint density at radius 3 is 1.62 bits per heavy atom. The molecule has 0 aromatic rings. The first-order chi connectivity index (χ1) is 16.2. The standard InChI is InChI=1S/C20H20N4O10/c25-13-1-2-14(26)22(13)9-7-21(8-10-23-15(27)3-4-16(23)28)19(31)11-33-12-20(32)34-24-17(29)5-6-18(24)30/h1-4H,5-12H2. The van der Waals surface area contributed by atoms with Crippen molar-refractivity contribution in [1.82, 2.24) is 19.8 Å². The summed E-state index contributed by atoms with van der Waals surface area (Å²) in [5.74, 6) is -5.24. The van der Waals surface area contributed by atoms with E-state index >= 15 is 0 Å². The third-order valence-electron chi connectivity index (χ3n) is 4.99. The Kier molecular flexibility index (Phi) is 7.63. The zero-order chi connectivity index (χ0) is 24.8. The predicted molar refractivity (Wildman–Crippen MR) is 106 cm³/mol. The second-order valence-corrected chi connectivity index (χ2v) is 7.24. The lowest BCUT2D eigenvalue weighted by Gasteiger charge is -2.26. The molecule has 0 saturated carbocycles. The molecule has 0 N–H and O–H groups in total. The van der Waals surface area contributed by atoms with Gasteiger partial charge in [0.1, 0.15) is 13.2 Å². The highest BCUT2D eigenvalue weighted by Crippen LogP contribution is 2.12. The highest BCUT2D eigenvalue weighted by molar-refractivity contribution is 6.13. The molecule has 34 heavy (non-hydrogen) atoms. The van der Waals surface area contributed by atoms with E-state index in [0.717, 1.165) is 39.0 Å². The molecule has 3 aliphatic rings. The highest BCUT2D eigenvalue weighted by atomic mass is 16.7. The Hall–Kier alpha value is -4.20. The largest absolute Gasteiger partial charge is 0.360 e. The molecule has 0 unspecified atom stereocenters. The molecule has 0 bridgehead atoms. The van der Waals surface area contributed by atoms with Gasteiger partial charge < -0.3 is 14.5 Å². The predicted octanol–water partition coefficient (Wildman–Crippen LogP) is -2.71. The molecule has 7 amide bonds. The zero-order valence-electron chi connectivity index (χ0n) is 17.8. The lowest BCUT2D eigenvalue weighted by atomic mass is 10.3. The SMILES string of the molecule is O=C(COCC(=O)N(CCN1C(=O)C=CC1=O)CCN1C(=O)C=CC1=O)ON1C(=O)CCC1=O. The van der Waals surface area contributed by atoms with Crippen molar-refractivity contribution in [1.29, 1.82) is 0 Å². The second-order valence-electron chi connectivity index (χ2n) is 7.24. The van der Waals surface area contributed by atoms with Gasteiger partial charge in [0.15, 0.2) is 0 Å². The van der Waals surface area contributed by atoms with Gasteiger partial charge in [-0.05, 0) is 0 Å². The minimum absolute atomic E-state index is 0.0739. The number of ether oxygens (including phenoxy) is 1. The average molecular weight is 476 g/mol. The fourth-order valence-electron chi connectivity index (χ4n) is 3.20. The van der Waals surface area contributed by atoms with Gasteiger partial charge in [-0.15, -0.1) is 5.06 Å². The van der Waals surface area contributed by atoms with Crippen molar-refractivity contribution in [2.24, 2.45) is 0 Å². The maximum Gasteiger partial charge on any atom is 0.358 e. The van der Waals surface area contributed by atoms with Gasteiger partial charge in [-0.3, -0.25) is 43.4 Å². The van der Waals surface area contributed by atoms with Crippen LogP contribution in [0.15, 0.2) is 24.3 Å². The van der Waals surface area contributed by atoms with Gasteiger partial charge in [-0.25, -0.2) is 4.79 Å². The highest BCUT2D eigenvalue weighted by Gasteiger charge is 2.33. The first kappa shape index (κ1) is 24.4. The van der Waals surface area contributed by atoms with Gasteiger partial charge in [-0.1, -0.05) is 0 Å². The number of carbonyl (C=O) groups excluding carboxylic acids is 8. The molecule has 14 heteroatoms. The van der Waals surface area contributed by atoms with E-state index in [1.165, 1.54) is 0 Å². The number of amides is 7. The van der Waals surface area contributed by atoms with Gasteiger partial charge in [0.25, 0.3) is 35.4 Å². The summed E-state index contributed by atoms with van der Waals surface area (Å²) in [6.07, 6.45) is 4.21. The van der Waals surface area contributed by atoms with Gasteiger partial charge in [0, 0.05) is 63.3 Å². The van der Waals surface area contributed by atoms with E-state index in [2.05, 4.69) is 4.84 Å². The van der Waals surface area contributed by atoms with Crippen LogP contribution in [-0.4, -0.2) is 106 Å². The summed E-state index contributed by atoms with van der Waals surface area (Å²) in [6, 6.07) is 0. The van der Waals surface area contributed by atoms with Crippen LogP contribution in [0.25, 0.3) is 0 Å². The smallest absolute Gasteiger partial charge is 0.358 e. The van der Waals surface area contributed by atoms with Crippen LogP contribution in [0.2, 0.25) is 0 Å². The molecule has 0 aromatic heterocycles. The summed E-state index contributed by atoms with van der Waals surface area (Å²) in [6.45, 7) is -1.89. The maximum atomic E-state index is 12.6. The van der Waals surface area contributed by atoms with Crippen LogP contribution >= 0.6 is 0 Å². The van der Waals surface area contributed by atoms with Crippen LogP contribution in [-0.2, 0) is 47.9 Å². The molecular formula is C20H20N4O10. The maximum absolute atomic E-state index is 12.6. The third kappa shape index (κ3) is 5.78. The Balaban J connectivity index is 1.52. The molecule has 180 valence electrons. The van der Waals surface area contributed by atoms with Crippen LogP contribution in [0.3, 0.4) is 0 Å². The fraction of sp³-hybridized carbons (Fsp3) is 0.400. The topological polar surface area (TPSA) is 168 Å². The minimum Gasteiger partial charge on any atom is -0.360 e. The summed E-state index contributed by atoms with van der Waals surface area (Å²) in [5.41, 5.74) is 0. The van der Waals surface area contributed by atoms with Gasteiger partial charge >= 0.3 is 5.97 Å². The van der Waals surface area contributed by atoms with Crippen molar-refractivity contribution in [2.75, 3.05) is 39.4 Å². The number of nitrogens with zero attached hydrogens (tertiary/aromatic N) is 4. The molecule has 0 aliphatic carbocycles. The summed E-state index contributed by atoms with van der Waals surface area (Å²) < 4.78 is 5.01. The van der Waals surface area contributed by atoms with Crippen molar-refractivity contribution in [3.8, 4) is 0 Å². The van der Waals surface area contributed by atoms with Crippen molar-refractivity contribution in [3.63, 3.8) is 0 Å². The molecular weight excluding hydrogens is 456 g/mol. The van der Waals surface area contributed by atoms with Crippen LogP contribution in [0.4, 0.5) is 0 Å². The summed E-state index contributed by atoms with van der Waals surface area (Å²) in [7, 11) is 0. The molecule has 0 spiro atoms. The molecule has 0 aromatic carbocycles. The Morgan fingerprint density at radius 1 is 0.735 bits per heavy atom. The summed E-state index contributed by atoms with van der Waals surface area (Å²) in [4.78, 5) is 102. The molecule has 1 saturated heterocycles. The molecule has 14 nitrogen and oxygen atoms in total. The zero-order valence-corrected chi connectivity index (χ0v) is 17.8. The summed E-state index contributed by atoms with van der Waals surface area (Å²) >= 11 is 0. The van der Waals surface area contributed by atoms with E-state index in [-0.39, 0.29) is 39.0 Å². The normalized spacial score (nSPS) is 17.6. The van der Waals surface area contributed by atoms with E-state index in [1.807, 2.05) is 0 Å². The number of hydrogen-bond acceptors (Lipinski definition) is 10. The van der Waals surface area contributed by atoms with E-state index in [4.69, 9.17) is 4.74 Å². The molecule has 3 rings (SSSR count). The Morgan fingerprint density at radius 2 is 1.18 bits per heavy atom. The number of carbonyl (C=O) groups is 8. The van der Waals surface area contributed by atoms with Crippen molar-refractivity contribution in [2.45, 2.75) is 12.8 Å². The van der Waals surface area contributed by atoms with Crippen LogP contribution in [0.1, 0.15) is 12.8 Å². The van der Waals surface area contributed by atoms with Gasteiger partial charge in [-0.2, -0.15) is 0 Å². The van der Waals surface area contributed by atoms with Crippen LogP contribution < -0.4 is 0 Å². The average Bonchev–Trinajstić information content (AvgIpc) is 3.41. The van der Waals surface area contributed by atoms with Crippen molar-refractivity contribution < 1.29 is 47.9 Å². The van der Waals surface area contributed by atoms with Crippen molar-refractivity contribution >= 4 is 47.3 Å². The van der Waals surface area contributed by atoms with E-state index < -0.39 is 60.5 Å². The van der Waals surface area contributed by atoms with E-state index in [1.54, 1.807) is 0 Å². The van der Waals surface area contributed by atoms with Gasteiger partial charge in [0.2, 0.25) is 5.91 Å². The van der Waals surface area contributed by atoms with Gasteiger partial charge in [0.05, 0.1) is 0 Å². The molecule has 3 aliphatic heterocycles.